The number of likely N-dealkylation sites (tertiary alicyclic amines) is 1. The Balaban J connectivity index is 1.20. The molecule has 10 heteroatoms. The SMILES string of the molecule is O=C(CC(F)(F)F)N1CCC2(CC1)C[C@H](CCN1CCN(c3ccc(F)cc3)CC1)NC2=O. The fraction of sp³-hybridized carbons (Fsp3) is 0.652. The summed E-state index contributed by atoms with van der Waals surface area (Å²) in [5.41, 5.74) is 0.446. The summed E-state index contributed by atoms with van der Waals surface area (Å²) in [4.78, 5) is 30.4. The zero-order chi connectivity index (χ0) is 23.6. The standard InChI is InChI=1S/C23H30F4N4O2/c24-17-1-3-19(4-2-17)30-13-11-29(12-14-30)8-5-18-15-22(21(33)28-18)6-9-31(10-7-22)20(32)16-23(25,26)27/h1-4,18H,5-16H2,(H,28,33)/t18-/m0/s1. The zero-order valence-corrected chi connectivity index (χ0v) is 18.5. The van der Waals surface area contributed by atoms with E-state index >= 15 is 0 Å². The Morgan fingerprint density at radius 3 is 2.27 bits per heavy atom. The number of carbonyl (C=O) groups is 2. The van der Waals surface area contributed by atoms with Crippen LogP contribution in [0.25, 0.3) is 0 Å². The van der Waals surface area contributed by atoms with Crippen molar-refractivity contribution < 1.29 is 27.2 Å². The smallest absolute Gasteiger partial charge is 0.369 e. The molecular formula is C23H30F4N4O2. The largest absolute Gasteiger partial charge is 0.397 e. The van der Waals surface area contributed by atoms with Gasteiger partial charge in [-0.05, 0) is 49.9 Å². The van der Waals surface area contributed by atoms with Gasteiger partial charge in [-0.1, -0.05) is 0 Å². The molecule has 0 bridgehead atoms. The van der Waals surface area contributed by atoms with Gasteiger partial charge in [-0.3, -0.25) is 14.5 Å². The molecule has 2 amide bonds. The number of halogens is 4. The van der Waals surface area contributed by atoms with Crippen molar-refractivity contribution in [3.63, 3.8) is 0 Å². The molecule has 3 aliphatic rings. The minimum Gasteiger partial charge on any atom is -0.369 e. The van der Waals surface area contributed by atoms with Crippen LogP contribution in [0.2, 0.25) is 0 Å². The lowest BCUT2D eigenvalue weighted by Gasteiger charge is -2.38. The molecule has 6 nitrogen and oxygen atoms in total. The lowest BCUT2D eigenvalue weighted by Crippen LogP contribution is -2.47. The molecule has 1 N–H and O–H groups in total. The van der Waals surface area contributed by atoms with E-state index in [1.54, 1.807) is 12.1 Å². The Kier molecular flexibility index (Phi) is 6.83. The van der Waals surface area contributed by atoms with Crippen LogP contribution in [0.1, 0.15) is 32.1 Å². The summed E-state index contributed by atoms with van der Waals surface area (Å²) in [7, 11) is 0. The van der Waals surface area contributed by atoms with Gasteiger partial charge in [0.25, 0.3) is 0 Å². The number of hydrogen-bond acceptors (Lipinski definition) is 4. The number of alkyl halides is 3. The Labute approximate surface area is 190 Å². The molecule has 4 rings (SSSR count). The van der Waals surface area contributed by atoms with Crippen molar-refractivity contribution in [1.82, 2.24) is 15.1 Å². The molecule has 1 atom stereocenters. The summed E-state index contributed by atoms with van der Waals surface area (Å²) >= 11 is 0. The second kappa shape index (κ2) is 9.48. The number of anilines is 1. The van der Waals surface area contributed by atoms with Crippen LogP contribution in [0.4, 0.5) is 23.2 Å². The van der Waals surface area contributed by atoms with Crippen molar-refractivity contribution in [3.05, 3.63) is 30.1 Å². The van der Waals surface area contributed by atoms with Crippen LogP contribution >= 0.6 is 0 Å². The maximum Gasteiger partial charge on any atom is 0.397 e. The molecule has 1 spiro atoms. The van der Waals surface area contributed by atoms with Gasteiger partial charge >= 0.3 is 6.18 Å². The van der Waals surface area contributed by atoms with E-state index < -0.39 is 23.9 Å². The van der Waals surface area contributed by atoms with E-state index in [9.17, 15) is 27.2 Å². The van der Waals surface area contributed by atoms with E-state index in [4.69, 9.17) is 0 Å². The van der Waals surface area contributed by atoms with Gasteiger partial charge in [0.15, 0.2) is 0 Å². The molecule has 3 aliphatic heterocycles. The average Bonchev–Trinajstić information content (AvgIpc) is 3.07. The van der Waals surface area contributed by atoms with Gasteiger partial charge in [0.2, 0.25) is 11.8 Å². The molecule has 0 radical (unpaired) electrons. The Hall–Kier alpha value is -2.36. The highest BCUT2D eigenvalue weighted by Gasteiger charge is 2.49. The maximum absolute atomic E-state index is 13.1. The summed E-state index contributed by atoms with van der Waals surface area (Å²) in [6.07, 6.45) is -3.64. The summed E-state index contributed by atoms with van der Waals surface area (Å²) in [6.45, 7) is 4.73. The first-order chi connectivity index (χ1) is 15.6. The average molecular weight is 471 g/mol. The maximum atomic E-state index is 13.1. The first-order valence-corrected chi connectivity index (χ1v) is 11.5. The van der Waals surface area contributed by atoms with Crippen molar-refractivity contribution in [3.8, 4) is 0 Å². The fourth-order valence-corrected chi connectivity index (χ4v) is 5.25. The minimum atomic E-state index is -4.51. The van der Waals surface area contributed by atoms with E-state index in [1.165, 1.54) is 17.0 Å². The van der Waals surface area contributed by atoms with Crippen LogP contribution in [-0.2, 0) is 9.59 Å². The third kappa shape index (κ3) is 5.77. The summed E-state index contributed by atoms with van der Waals surface area (Å²) in [6, 6.07) is 6.57. The molecule has 0 aliphatic carbocycles. The van der Waals surface area contributed by atoms with Gasteiger partial charge in [0.05, 0.1) is 5.41 Å². The number of nitrogens with zero attached hydrogens (tertiary/aromatic N) is 3. The molecule has 1 aromatic rings. The molecule has 3 saturated heterocycles. The van der Waals surface area contributed by atoms with Crippen LogP contribution in [0.15, 0.2) is 24.3 Å². The second-order valence-electron chi connectivity index (χ2n) is 9.42. The Bertz CT molecular complexity index is 845. The quantitative estimate of drug-likeness (QED) is 0.673. The zero-order valence-electron chi connectivity index (χ0n) is 18.5. The van der Waals surface area contributed by atoms with Crippen molar-refractivity contribution in [2.45, 2.75) is 44.3 Å². The monoisotopic (exact) mass is 470 g/mol. The van der Waals surface area contributed by atoms with Gasteiger partial charge in [0.1, 0.15) is 12.2 Å². The first-order valence-electron chi connectivity index (χ1n) is 11.5. The highest BCUT2D eigenvalue weighted by molar-refractivity contribution is 5.86. The number of hydrogen-bond donors (Lipinski definition) is 1. The number of piperazine rings is 1. The van der Waals surface area contributed by atoms with Crippen molar-refractivity contribution in [2.75, 3.05) is 50.7 Å². The highest BCUT2D eigenvalue weighted by atomic mass is 19.4. The summed E-state index contributed by atoms with van der Waals surface area (Å²) < 4.78 is 50.6. The lowest BCUT2D eigenvalue weighted by molar-refractivity contribution is -0.163. The number of rotatable bonds is 5. The van der Waals surface area contributed by atoms with Crippen molar-refractivity contribution in [1.29, 1.82) is 0 Å². The third-order valence-corrected chi connectivity index (χ3v) is 7.24. The third-order valence-electron chi connectivity index (χ3n) is 7.24. The van der Waals surface area contributed by atoms with E-state index in [-0.39, 0.29) is 30.9 Å². The van der Waals surface area contributed by atoms with Gasteiger partial charge in [0, 0.05) is 57.5 Å². The van der Waals surface area contributed by atoms with Crippen LogP contribution < -0.4 is 10.2 Å². The summed E-state index contributed by atoms with van der Waals surface area (Å²) in [5.74, 6) is -1.18. The normalized spacial score (nSPS) is 23.8. The van der Waals surface area contributed by atoms with Gasteiger partial charge in [-0.25, -0.2) is 4.39 Å². The van der Waals surface area contributed by atoms with E-state index in [0.717, 1.165) is 44.8 Å². The first kappa shape index (κ1) is 23.8. The van der Waals surface area contributed by atoms with Crippen molar-refractivity contribution in [2.24, 2.45) is 5.41 Å². The van der Waals surface area contributed by atoms with E-state index in [2.05, 4.69) is 15.1 Å². The number of benzene rings is 1. The predicted octanol–water partition coefficient (Wildman–Crippen LogP) is 2.79. The van der Waals surface area contributed by atoms with Crippen molar-refractivity contribution >= 4 is 17.5 Å². The molecule has 3 heterocycles. The molecule has 1 aromatic carbocycles. The Morgan fingerprint density at radius 1 is 1.03 bits per heavy atom. The Morgan fingerprint density at radius 2 is 1.67 bits per heavy atom. The summed E-state index contributed by atoms with van der Waals surface area (Å²) in [5, 5.41) is 3.08. The van der Waals surface area contributed by atoms with E-state index in [0.29, 0.717) is 19.3 Å². The topological polar surface area (TPSA) is 55.9 Å². The van der Waals surface area contributed by atoms with Crippen LogP contribution in [0.3, 0.4) is 0 Å². The highest BCUT2D eigenvalue weighted by Crippen LogP contribution is 2.41. The van der Waals surface area contributed by atoms with Gasteiger partial charge in [-0.2, -0.15) is 13.2 Å². The molecular weight excluding hydrogens is 440 g/mol. The molecule has 0 unspecified atom stereocenters. The number of carbonyl (C=O) groups excluding carboxylic acids is 2. The number of amides is 2. The van der Waals surface area contributed by atoms with Crippen LogP contribution in [0.5, 0.6) is 0 Å². The molecule has 0 saturated carbocycles. The van der Waals surface area contributed by atoms with Crippen LogP contribution in [0, 0.1) is 11.2 Å². The second-order valence-corrected chi connectivity index (χ2v) is 9.42. The van der Waals surface area contributed by atoms with Gasteiger partial charge in [-0.15, -0.1) is 0 Å². The fourth-order valence-electron chi connectivity index (χ4n) is 5.25. The minimum absolute atomic E-state index is 0.0310. The predicted molar refractivity (Wildman–Crippen MR) is 115 cm³/mol. The number of piperidine rings is 1. The molecule has 33 heavy (non-hydrogen) atoms. The van der Waals surface area contributed by atoms with Gasteiger partial charge < -0.3 is 15.1 Å². The number of nitrogens with one attached hydrogen (secondary N) is 1. The van der Waals surface area contributed by atoms with E-state index in [1.807, 2.05) is 0 Å². The lowest BCUT2D eigenvalue weighted by atomic mass is 9.75. The van der Waals surface area contributed by atoms with Crippen LogP contribution in [-0.4, -0.2) is 79.6 Å². The molecule has 182 valence electrons. The molecule has 3 fully saturated rings. The molecule has 0 aromatic heterocycles.